The first-order chi connectivity index (χ1) is 7.42. The number of nitrogens with one attached hydrogen (secondary N) is 1. The highest BCUT2D eigenvalue weighted by molar-refractivity contribution is 5.93. The van der Waals surface area contributed by atoms with E-state index >= 15 is 0 Å². The van der Waals surface area contributed by atoms with Gasteiger partial charge in [-0.2, -0.15) is 0 Å². The number of carbonyl (C=O) groups is 1. The molecule has 0 aromatic heterocycles. The molecule has 1 aliphatic rings. The third kappa shape index (κ3) is 4.21. The minimum atomic E-state index is -1.10. The Morgan fingerprint density at radius 1 is 1.62 bits per heavy atom. The Bertz CT molecular complexity index is 309. The van der Waals surface area contributed by atoms with Gasteiger partial charge in [-0.1, -0.05) is 12.8 Å². The molecule has 1 rings (SSSR count). The SMILES string of the molecule is CCC1CN(C(=O)C#CC(C)(C)O)CCN1. The van der Waals surface area contributed by atoms with Gasteiger partial charge in [0.1, 0.15) is 5.60 Å². The molecule has 2 N–H and O–H groups in total. The van der Waals surface area contributed by atoms with E-state index in [1.807, 2.05) is 0 Å². The average Bonchev–Trinajstić information content (AvgIpc) is 2.25. The van der Waals surface area contributed by atoms with Gasteiger partial charge >= 0.3 is 0 Å². The van der Waals surface area contributed by atoms with Gasteiger partial charge in [-0.3, -0.25) is 4.79 Å². The van der Waals surface area contributed by atoms with Crippen LogP contribution in [-0.2, 0) is 4.79 Å². The minimum Gasteiger partial charge on any atom is -0.378 e. The van der Waals surface area contributed by atoms with Crippen molar-refractivity contribution in [1.29, 1.82) is 0 Å². The summed E-state index contributed by atoms with van der Waals surface area (Å²) in [4.78, 5) is 13.5. The molecule has 0 saturated carbocycles. The molecule has 0 aromatic carbocycles. The Labute approximate surface area is 97.0 Å². The molecule has 1 heterocycles. The minimum absolute atomic E-state index is 0.193. The van der Waals surface area contributed by atoms with Crippen molar-refractivity contribution in [2.24, 2.45) is 0 Å². The van der Waals surface area contributed by atoms with Crippen molar-refractivity contribution in [3.8, 4) is 11.8 Å². The molecule has 1 saturated heterocycles. The number of piperazine rings is 1. The van der Waals surface area contributed by atoms with Crippen LogP contribution >= 0.6 is 0 Å². The zero-order valence-electron chi connectivity index (χ0n) is 10.2. The molecule has 1 amide bonds. The highest BCUT2D eigenvalue weighted by atomic mass is 16.3. The lowest BCUT2D eigenvalue weighted by Gasteiger charge is -2.31. The fourth-order valence-electron chi connectivity index (χ4n) is 1.57. The van der Waals surface area contributed by atoms with Crippen molar-refractivity contribution in [2.45, 2.75) is 38.8 Å². The van der Waals surface area contributed by atoms with E-state index in [9.17, 15) is 9.90 Å². The summed E-state index contributed by atoms with van der Waals surface area (Å²) in [5.41, 5.74) is -1.10. The Morgan fingerprint density at radius 3 is 2.88 bits per heavy atom. The van der Waals surface area contributed by atoms with E-state index in [-0.39, 0.29) is 5.91 Å². The predicted molar refractivity (Wildman–Crippen MR) is 62.7 cm³/mol. The second-order valence-corrected chi connectivity index (χ2v) is 4.62. The lowest BCUT2D eigenvalue weighted by atomic mass is 10.1. The van der Waals surface area contributed by atoms with E-state index in [0.29, 0.717) is 19.1 Å². The zero-order chi connectivity index (χ0) is 12.2. The summed E-state index contributed by atoms with van der Waals surface area (Å²) in [6.45, 7) is 7.44. The predicted octanol–water partition coefficient (Wildman–Crippen LogP) is -0.0289. The largest absolute Gasteiger partial charge is 0.378 e. The standard InChI is InChI=1S/C12H20N2O2/c1-4-10-9-14(8-7-13-10)11(15)5-6-12(2,3)16/h10,13,16H,4,7-9H2,1-3H3. The Kier molecular flexibility index (Phi) is 4.34. The van der Waals surface area contributed by atoms with Gasteiger partial charge in [-0.25, -0.2) is 0 Å². The van der Waals surface area contributed by atoms with Gasteiger partial charge < -0.3 is 15.3 Å². The topological polar surface area (TPSA) is 52.6 Å². The van der Waals surface area contributed by atoms with Gasteiger partial charge in [0.15, 0.2) is 0 Å². The highest BCUT2D eigenvalue weighted by Gasteiger charge is 2.21. The van der Waals surface area contributed by atoms with E-state index in [1.165, 1.54) is 0 Å². The van der Waals surface area contributed by atoms with Crippen LogP contribution in [0.5, 0.6) is 0 Å². The fourth-order valence-corrected chi connectivity index (χ4v) is 1.57. The molecule has 16 heavy (non-hydrogen) atoms. The molecule has 1 unspecified atom stereocenters. The second-order valence-electron chi connectivity index (χ2n) is 4.62. The zero-order valence-corrected chi connectivity index (χ0v) is 10.2. The van der Waals surface area contributed by atoms with Crippen LogP contribution in [0, 0.1) is 11.8 Å². The maximum absolute atomic E-state index is 11.7. The molecule has 1 aliphatic heterocycles. The molecule has 0 aliphatic carbocycles. The number of hydrogen-bond acceptors (Lipinski definition) is 3. The first kappa shape index (κ1) is 13.0. The third-order valence-corrected chi connectivity index (χ3v) is 2.51. The number of carbonyl (C=O) groups excluding carboxylic acids is 1. The van der Waals surface area contributed by atoms with Crippen molar-refractivity contribution in [3.63, 3.8) is 0 Å². The maximum atomic E-state index is 11.7. The quantitative estimate of drug-likeness (QED) is 0.615. The van der Waals surface area contributed by atoms with Gasteiger partial charge in [0.25, 0.3) is 5.91 Å². The van der Waals surface area contributed by atoms with Crippen molar-refractivity contribution < 1.29 is 9.90 Å². The summed E-state index contributed by atoms with van der Waals surface area (Å²) in [5, 5.41) is 12.7. The Hall–Kier alpha value is -1.05. The number of nitrogens with zero attached hydrogens (tertiary/aromatic N) is 1. The van der Waals surface area contributed by atoms with Crippen LogP contribution in [0.4, 0.5) is 0 Å². The van der Waals surface area contributed by atoms with E-state index in [4.69, 9.17) is 0 Å². The molecule has 0 radical (unpaired) electrons. The molecule has 4 nitrogen and oxygen atoms in total. The van der Waals surface area contributed by atoms with E-state index in [0.717, 1.165) is 13.0 Å². The third-order valence-electron chi connectivity index (χ3n) is 2.51. The van der Waals surface area contributed by atoms with Crippen LogP contribution in [-0.4, -0.2) is 47.2 Å². The lowest BCUT2D eigenvalue weighted by Crippen LogP contribution is -2.52. The smallest absolute Gasteiger partial charge is 0.298 e. The Balaban J connectivity index is 2.56. The molecule has 4 heteroatoms. The molecular weight excluding hydrogens is 204 g/mol. The van der Waals surface area contributed by atoms with Crippen molar-refractivity contribution in [1.82, 2.24) is 10.2 Å². The molecule has 0 bridgehead atoms. The van der Waals surface area contributed by atoms with Gasteiger partial charge in [0, 0.05) is 25.7 Å². The lowest BCUT2D eigenvalue weighted by molar-refractivity contribution is -0.126. The van der Waals surface area contributed by atoms with Gasteiger partial charge in [-0.15, -0.1) is 0 Å². The average molecular weight is 224 g/mol. The molecule has 1 atom stereocenters. The fraction of sp³-hybridized carbons (Fsp3) is 0.750. The summed E-state index contributed by atoms with van der Waals surface area (Å²) in [6, 6.07) is 0.363. The number of hydrogen-bond donors (Lipinski definition) is 2. The van der Waals surface area contributed by atoms with Crippen LogP contribution in [0.3, 0.4) is 0 Å². The van der Waals surface area contributed by atoms with Gasteiger partial charge in [0.05, 0.1) is 0 Å². The molecule has 1 fully saturated rings. The first-order valence-corrected chi connectivity index (χ1v) is 5.70. The summed E-state index contributed by atoms with van der Waals surface area (Å²) < 4.78 is 0. The van der Waals surface area contributed by atoms with Crippen LogP contribution in [0.15, 0.2) is 0 Å². The highest BCUT2D eigenvalue weighted by Crippen LogP contribution is 2.03. The number of aliphatic hydroxyl groups is 1. The second kappa shape index (κ2) is 5.33. The normalized spacial score (nSPS) is 21.2. The summed E-state index contributed by atoms with van der Waals surface area (Å²) in [6.07, 6.45) is 1.00. The van der Waals surface area contributed by atoms with E-state index in [1.54, 1.807) is 18.7 Å². The summed E-state index contributed by atoms with van der Waals surface area (Å²) in [5.74, 6) is 4.85. The molecule has 0 spiro atoms. The van der Waals surface area contributed by atoms with Gasteiger partial charge in [0.2, 0.25) is 0 Å². The van der Waals surface area contributed by atoms with Crippen molar-refractivity contribution in [2.75, 3.05) is 19.6 Å². The molecule has 0 aromatic rings. The van der Waals surface area contributed by atoms with Crippen molar-refractivity contribution >= 4 is 5.91 Å². The van der Waals surface area contributed by atoms with Crippen molar-refractivity contribution in [3.05, 3.63) is 0 Å². The van der Waals surface area contributed by atoms with Gasteiger partial charge in [-0.05, 0) is 26.2 Å². The summed E-state index contributed by atoms with van der Waals surface area (Å²) >= 11 is 0. The van der Waals surface area contributed by atoms with Crippen LogP contribution in [0.2, 0.25) is 0 Å². The molecule has 90 valence electrons. The van der Waals surface area contributed by atoms with Crippen LogP contribution in [0.1, 0.15) is 27.2 Å². The number of rotatable bonds is 1. The van der Waals surface area contributed by atoms with Crippen LogP contribution < -0.4 is 5.32 Å². The number of amides is 1. The molecular formula is C12H20N2O2. The first-order valence-electron chi connectivity index (χ1n) is 5.70. The van der Waals surface area contributed by atoms with E-state index in [2.05, 4.69) is 24.1 Å². The monoisotopic (exact) mass is 224 g/mol. The Morgan fingerprint density at radius 2 is 2.31 bits per heavy atom. The van der Waals surface area contributed by atoms with E-state index < -0.39 is 5.60 Å². The maximum Gasteiger partial charge on any atom is 0.298 e. The summed E-state index contributed by atoms with van der Waals surface area (Å²) in [7, 11) is 0. The van der Waals surface area contributed by atoms with Crippen LogP contribution in [0.25, 0.3) is 0 Å².